The predicted octanol–water partition coefficient (Wildman–Crippen LogP) is 7.03. The van der Waals surface area contributed by atoms with Gasteiger partial charge in [-0.3, -0.25) is 0 Å². The van der Waals surface area contributed by atoms with Crippen LogP contribution in [0.4, 0.5) is 8.78 Å². The number of hydrogen-bond donors (Lipinski definition) is 0. The van der Waals surface area contributed by atoms with Gasteiger partial charge in [0.1, 0.15) is 0 Å². The highest BCUT2D eigenvalue weighted by Gasteiger charge is 2.28. The van der Waals surface area contributed by atoms with E-state index < -0.39 is 11.6 Å². The van der Waals surface area contributed by atoms with Gasteiger partial charge in [0.15, 0.2) is 11.6 Å². The van der Waals surface area contributed by atoms with Crippen molar-refractivity contribution < 1.29 is 8.78 Å². The summed E-state index contributed by atoms with van der Waals surface area (Å²) in [4.78, 5) is 0. The Balaban J connectivity index is 1.76. The third kappa shape index (κ3) is 5.81. The molecule has 2 aromatic rings. The number of hydrogen-bond acceptors (Lipinski definition) is 2. The average Bonchev–Trinajstić information content (AvgIpc) is 2.75. The lowest BCUT2D eigenvalue weighted by Crippen LogP contribution is -2.25. The molecule has 1 atom stereocenters. The molecule has 1 aliphatic rings. The molecule has 0 aromatic heterocycles. The highest BCUT2D eigenvalue weighted by Crippen LogP contribution is 2.36. The van der Waals surface area contributed by atoms with Crippen LogP contribution in [0.1, 0.15) is 63.5 Å². The summed E-state index contributed by atoms with van der Waals surface area (Å²) in [5, 5.41) is 8.76. The van der Waals surface area contributed by atoms with Crippen molar-refractivity contribution in [2.24, 2.45) is 28.0 Å². The van der Waals surface area contributed by atoms with Crippen molar-refractivity contribution in [3.63, 3.8) is 0 Å². The zero-order valence-electron chi connectivity index (χ0n) is 17.3. The Labute approximate surface area is 172 Å². The van der Waals surface area contributed by atoms with Crippen LogP contribution in [0.3, 0.4) is 0 Å². The third-order valence-electron chi connectivity index (χ3n) is 6.09. The second-order valence-corrected chi connectivity index (χ2v) is 8.15. The average molecular weight is 397 g/mol. The summed E-state index contributed by atoms with van der Waals surface area (Å²) in [7, 11) is 0. The molecule has 1 unspecified atom stereocenters. The minimum absolute atomic E-state index is 0.379. The Morgan fingerprint density at radius 3 is 2.41 bits per heavy atom. The summed E-state index contributed by atoms with van der Waals surface area (Å²) in [6.45, 7) is 4.64. The van der Waals surface area contributed by atoms with Crippen LogP contribution >= 0.6 is 0 Å². The summed E-state index contributed by atoms with van der Waals surface area (Å²) in [6.07, 6.45) is 8.72. The topological polar surface area (TPSA) is 24.7 Å². The molecule has 2 nitrogen and oxygen atoms in total. The van der Waals surface area contributed by atoms with E-state index in [0.717, 1.165) is 48.1 Å². The van der Waals surface area contributed by atoms with E-state index in [1.807, 2.05) is 18.2 Å². The predicted molar refractivity (Wildman–Crippen MR) is 116 cm³/mol. The van der Waals surface area contributed by atoms with Gasteiger partial charge in [-0.2, -0.15) is 10.2 Å². The van der Waals surface area contributed by atoms with Crippen LogP contribution in [0.5, 0.6) is 0 Å². The van der Waals surface area contributed by atoms with Gasteiger partial charge in [-0.15, -0.1) is 0 Å². The standard InChI is InChI=1S/C25H30F2N2/c1-3-7-18(2)20-11-13-22(14-12-20)25(21-8-5-4-6-9-21)29-28-17-19-10-15-23(26)24(27)16-19/h4-6,8-10,15-18,20,22H,3,7,11-14H2,1-2H3/t18?,20-,22-. The Morgan fingerprint density at radius 2 is 1.76 bits per heavy atom. The smallest absolute Gasteiger partial charge is 0.159 e. The monoisotopic (exact) mass is 396 g/mol. The van der Waals surface area contributed by atoms with E-state index in [4.69, 9.17) is 0 Å². The summed E-state index contributed by atoms with van der Waals surface area (Å²) < 4.78 is 26.5. The van der Waals surface area contributed by atoms with E-state index in [1.165, 1.54) is 38.0 Å². The van der Waals surface area contributed by atoms with Crippen molar-refractivity contribution in [1.82, 2.24) is 0 Å². The van der Waals surface area contributed by atoms with Crippen LogP contribution < -0.4 is 0 Å². The number of nitrogens with zero attached hydrogens (tertiary/aromatic N) is 2. The molecule has 1 saturated carbocycles. The molecular weight excluding hydrogens is 366 g/mol. The second kappa shape index (κ2) is 10.4. The molecular formula is C25H30F2N2. The fourth-order valence-electron chi connectivity index (χ4n) is 4.39. The molecule has 0 spiro atoms. The summed E-state index contributed by atoms with van der Waals surface area (Å²) in [5.74, 6) is 0.230. The molecule has 0 amide bonds. The molecule has 0 bridgehead atoms. The first-order chi connectivity index (χ1) is 14.1. The van der Waals surface area contributed by atoms with Crippen molar-refractivity contribution in [3.8, 4) is 0 Å². The van der Waals surface area contributed by atoms with Gasteiger partial charge in [0.05, 0.1) is 11.9 Å². The fourth-order valence-corrected chi connectivity index (χ4v) is 4.39. The van der Waals surface area contributed by atoms with Crippen LogP contribution in [0.15, 0.2) is 58.7 Å². The maximum absolute atomic E-state index is 13.4. The molecule has 0 saturated heterocycles. The molecule has 0 radical (unpaired) electrons. The van der Waals surface area contributed by atoms with E-state index in [-0.39, 0.29) is 0 Å². The van der Waals surface area contributed by atoms with Crippen LogP contribution in [0.25, 0.3) is 0 Å². The van der Waals surface area contributed by atoms with Gasteiger partial charge >= 0.3 is 0 Å². The molecule has 29 heavy (non-hydrogen) atoms. The third-order valence-corrected chi connectivity index (χ3v) is 6.09. The second-order valence-electron chi connectivity index (χ2n) is 8.15. The lowest BCUT2D eigenvalue weighted by Gasteiger charge is -2.32. The first-order valence-corrected chi connectivity index (χ1v) is 10.7. The number of benzene rings is 2. The van der Waals surface area contributed by atoms with Gasteiger partial charge in [-0.25, -0.2) is 8.78 Å². The minimum Gasteiger partial charge on any atom is -0.204 e. The highest BCUT2D eigenvalue weighted by atomic mass is 19.2. The molecule has 1 aliphatic carbocycles. The molecule has 3 rings (SSSR count). The quantitative estimate of drug-likeness (QED) is 0.354. The molecule has 0 N–H and O–H groups in total. The van der Waals surface area contributed by atoms with Gasteiger partial charge in [-0.1, -0.05) is 63.1 Å². The molecule has 0 heterocycles. The SMILES string of the molecule is CCCC(C)[C@H]1CC[C@H](C(=NN=Cc2ccc(F)c(F)c2)c2ccccc2)CC1. The van der Waals surface area contributed by atoms with Crippen molar-refractivity contribution in [2.75, 3.05) is 0 Å². The molecule has 2 aromatic carbocycles. The molecule has 0 aliphatic heterocycles. The maximum Gasteiger partial charge on any atom is 0.159 e. The first kappa shape index (κ1) is 21.4. The Hall–Kier alpha value is -2.36. The zero-order valence-corrected chi connectivity index (χ0v) is 17.3. The van der Waals surface area contributed by atoms with Gasteiger partial charge in [0, 0.05) is 5.92 Å². The van der Waals surface area contributed by atoms with E-state index in [1.54, 1.807) is 0 Å². The van der Waals surface area contributed by atoms with Crippen molar-refractivity contribution in [3.05, 3.63) is 71.3 Å². The Morgan fingerprint density at radius 1 is 1.03 bits per heavy atom. The van der Waals surface area contributed by atoms with Crippen LogP contribution in [-0.2, 0) is 0 Å². The van der Waals surface area contributed by atoms with E-state index in [0.29, 0.717) is 11.5 Å². The van der Waals surface area contributed by atoms with Gasteiger partial charge in [0.25, 0.3) is 0 Å². The normalized spacial score (nSPS) is 21.4. The van der Waals surface area contributed by atoms with Crippen molar-refractivity contribution >= 4 is 11.9 Å². The van der Waals surface area contributed by atoms with E-state index in [2.05, 4.69) is 36.2 Å². The van der Waals surface area contributed by atoms with Crippen LogP contribution in [0, 0.1) is 29.4 Å². The number of halogens is 2. The lowest BCUT2D eigenvalue weighted by molar-refractivity contribution is 0.232. The van der Waals surface area contributed by atoms with Gasteiger partial charge in [0.2, 0.25) is 0 Å². The maximum atomic E-state index is 13.4. The molecule has 154 valence electrons. The summed E-state index contributed by atoms with van der Waals surface area (Å²) in [6, 6.07) is 13.9. The van der Waals surface area contributed by atoms with Crippen molar-refractivity contribution in [1.29, 1.82) is 0 Å². The van der Waals surface area contributed by atoms with Gasteiger partial charge < -0.3 is 0 Å². The summed E-state index contributed by atoms with van der Waals surface area (Å²) >= 11 is 0. The zero-order chi connectivity index (χ0) is 20.6. The molecule has 1 fully saturated rings. The fraction of sp³-hybridized carbons (Fsp3) is 0.440. The van der Waals surface area contributed by atoms with E-state index in [9.17, 15) is 8.78 Å². The Kier molecular flexibility index (Phi) is 7.68. The Bertz CT molecular complexity index is 837. The first-order valence-electron chi connectivity index (χ1n) is 10.7. The number of rotatable bonds is 7. The highest BCUT2D eigenvalue weighted by molar-refractivity contribution is 6.02. The summed E-state index contributed by atoms with van der Waals surface area (Å²) in [5.41, 5.74) is 2.57. The van der Waals surface area contributed by atoms with E-state index >= 15 is 0 Å². The van der Waals surface area contributed by atoms with Crippen LogP contribution in [-0.4, -0.2) is 11.9 Å². The van der Waals surface area contributed by atoms with Gasteiger partial charge in [-0.05, 0) is 60.8 Å². The van der Waals surface area contributed by atoms with Crippen molar-refractivity contribution in [2.45, 2.75) is 52.4 Å². The lowest BCUT2D eigenvalue weighted by atomic mass is 9.73. The largest absolute Gasteiger partial charge is 0.204 e. The minimum atomic E-state index is -0.874. The molecule has 4 heteroatoms. The van der Waals surface area contributed by atoms with Crippen LogP contribution in [0.2, 0.25) is 0 Å².